The molecule has 0 saturated carbocycles. The fourth-order valence-corrected chi connectivity index (χ4v) is 3.06. The smallest absolute Gasteiger partial charge is 0.283 e. The van der Waals surface area contributed by atoms with E-state index in [0.29, 0.717) is 17.6 Å². The second kappa shape index (κ2) is 7.00. The number of nitrogens with zero attached hydrogens (tertiary/aromatic N) is 2. The van der Waals surface area contributed by atoms with Crippen LogP contribution >= 0.6 is 15.9 Å². The molecule has 0 spiro atoms. The Bertz CT molecular complexity index is 550. The van der Waals surface area contributed by atoms with Crippen LogP contribution in [0.15, 0.2) is 22.7 Å². The third-order valence-corrected chi connectivity index (χ3v) is 4.41. The van der Waals surface area contributed by atoms with Gasteiger partial charge in [-0.15, -0.1) is 0 Å². The molecule has 1 amide bonds. The number of rotatable bonds is 4. The topological polar surface area (TPSA) is 75.5 Å². The Morgan fingerprint density at radius 3 is 3.00 bits per heavy atom. The van der Waals surface area contributed by atoms with Crippen molar-refractivity contribution in [3.8, 4) is 0 Å². The maximum Gasteiger partial charge on any atom is 0.283 e. The normalized spacial score (nSPS) is 19.2. The number of carbonyl (C=O) groups is 1. The zero-order valence-electron chi connectivity index (χ0n) is 11.8. The highest BCUT2D eigenvalue weighted by molar-refractivity contribution is 9.10. The highest BCUT2D eigenvalue weighted by Gasteiger charge is 2.25. The molecule has 0 aliphatic carbocycles. The number of piperidine rings is 1. The number of amides is 1. The first-order valence-electron chi connectivity index (χ1n) is 6.88. The van der Waals surface area contributed by atoms with Crippen LogP contribution in [-0.2, 0) is 11.3 Å². The Labute approximate surface area is 131 Å². The van der Waals surface area contributed by atoms with Crippen LogP contribution in [0.2, 0.25) is 0 Å². The van der Waals surface area contributed by atoms with E-state index in [1.807, 2.05) is 6.07 Å². The van der Waals surface area contributed by atoms with Gasteiger partial charge in [-0.1, -0.05) is 6.07 Å². The molecule has 7 heteroatoms. The van der Waals surface area contributed by atoms with Gasteiger partial charge in [0.15, 0.2) is 0 Å². The molecule has 1 aliphatic heterocycles. The van der Waals surface area contributed by atoms with E-state index in [1.54, 1.807) is 19.2 Å². The van der Waals surface area contributed by atoms with E-state index in [4.69, 9.17) is 0 Å². The van der Waals surface area contributed by atoms with E-state index >= 15 is 0 Å². The van der Waals surface area contributed by atoms with Crippen molar-refractivity contribution in [2.24, 2.45) is 5.92 Å². The summed E-state index contributed by atoms with van der Waals surface area (Å²) in [5, 5.41) is 13.6. The van der Waals surface area contributed by atoms with E-state index < -0.39 is 4.92 Å². The number of hydrogen-bond acceptors (Lipinski definition) is 4. The maximum atomic E-state index is 11.7. The van der Waals surface area contributed by atoms with Crippen LogP contribution < -0.4 is 5.32 Å². The zero-order valence-corrected chi connectivity index (χ0v) is 13.4. The third-order valence-electron chi connectivity index (χ3n) is 3.74. The number of nitro groups is 1. The van der Waals surface area contributed by atoms with Gasteiger partial charge in [0.25, 0.3) is 5.69 Å². The Morgan fingerprint density at radius 2 is 2.33 bits per heavy atom. The average molecular weight is 356 g/mol. The van der Waals surface area contributed by atoms with Crippen molar-refractivity contribution in [2.45, 2.75) is 19.4 Å². The molecule has 1 N–H and O–H groups in total. The summed E-state index contributed by atoms with van der Waals surface area (Å²) < 4.78 is 0.484. The number of halogens is 1. The summed E-state index contributed by atoms with van der Waals surface area (Å²) in [5.74, 6) is 0.0793. The van der Waals surface area contributed by atoms with Gasteiger partial charge in [-0.25, -0.2) is 0 Å². The largest absolute Gasteiger partial charge is 0.359 e. The minimum absolute atomic E-state index is 0.00850. The number of benzene rings is 1. The molecular formula is C14H18BrN3O3. The fraction of sp³-hybridized carbons (Fsp3) is 0.500. The van der Waals surface area contributed by atoms with Crippen LogP contribution in [0.3, 0.4) is 0 Å². The van der Waals surface area contributed by atoms with E-state index in [0.717, 1.165) is 24.9 Å². The van der Waals surface area contributed by atoms with Crippen molar-refractivity contribution in [2.75, 3.05) is 20.1 Å². The summed E-state index contributed by atoms with van der Waals surface area (Å²) in [6, 6.07) is 5.17. The number of nitro benzene ring substituents is 1. The molecular weight excluding hydrogens is 338 g/mol. The predicted molar refractivity (Wildman–Crippen MR) is 82.9 cm³/mol. The molecule has 1 unspecified atom stereocenters. The average Bonchev–Trinajstić information content (AvgIpc) is 2.48. The van der Waals surface area contributed by atoms with Gasteiger partial charge in [0.2, 0.25) is 5.91 Å². The lowest BCUT2D eigenvalue weighted by Crippen LogP contribution is -2.41. The van der Waals surface area contributed by atoms with Crippen LogP contribution in [0.5, 0.6) is 0 Å². The Kier molecular flexibility index (Phi) is 5.30. The predicted octanol–water partition coefficient (Wildman–Crippen LogP) is 2.32. The van der Waals surface area contributed by atoms with Gasteiger partial charge >= 0.3 is 0 Å². The number of hydrogen-bond donors (Lipinski definition) is 1. The molecule has 0 aromatic heterocycles. The monoisotopic (exact) mass is 355 g/mol. The highest BCUT2D eigenvalue weighted by Crippen LogP contribution is 2.27. The van der Waals surface area contributed by atoms with E-state index in [9.17, 15) is 14.9 Å². The first kappa shape index (κ1) is 15.9. The standard InChI is InChI=1S/C14H18BrN3O3/c1-16-14(19)11-3-2-6-17(9-11)8-10-4-5-12(15)13(7-10)18(20)21/h4-5,7,11H,2-3,6,8-9H2,1H3,(H,16,19). The quantitative estimate of drug-likeness (QED) is 0.664. The maximum absolute atomic E-state index is 11.7. The second-order valence-corrected chi connectivity index (χ2v) is 6.09. The lowest BCUT2D eigenvalue weighted by molar-refractivity contribution is -0.385. The molecule has 6 nitrogen and oxygen atoms in total. The summed E-state index contributed by atoms with van der Waals surface area (Å²) in [5.41, 5.74) is 0.967. The van der Waals surface area contributed by atoms with Gasteiger partial charge in [0.05, 0.1) is 15.3 Å². The first-order chi connectivity index (χ1) is 10.0. The Hall–Kier alpha value is -1.47. The van der Waals surface area contributed by atoms with Crippen LogP contribution in [0.1, 0.15) is 18.4 Å². The highest BCUT2D eigenvalue weighted by atomic mass is 79.9. The number of nitrogens with one attached hydrogen (secondary N) is 1. The molecule has 21 heavy (non-hydrogen) atoms. The van der Waals surface area contributed by atoms with Crippen molar-refractivity contribution < 1.29 is 9.72 Å². The van der Waals surface area contributed by atoms with Crippen molar-refractivity contribution in [3.05, 3.63) is 38.3 Å². The number of carbonyl (C=O) groups excluding carboxylic acids is 1. The second-order valence-electron chi connectivity index (χ2n) is 5.23. The molecule has 1 aromatic rings. The zero-order chi connectivity index (χ0) is 15.4. The lowest BCUT2D eigenvalue weighted by atomic mass is 9.97. The third kappa shape index (κ3) is 4.01. The van der Waals surface area contributed by atoms with Crippen LogP contribution in [0.25, 0.3) is 0 Å². The van der Waals surface area contributed by atoms with Gasteiger partial charge < -0.3 is 5.32 Å². The summed E-state index contributed by atoms with van der Waals surface area (Å²) >= 11 is 3.19. The van der Waals surface area contributed by atoms with Gasteiger partial charge in [0.1, 0.15) is 0 Å². The van der Waals surface area contributed by atoms with Gasteiger partial charge in [-0.3, -0.25) is 19.8 Å². The van der Waals surface area contributed by atoms with Crippen LogP contribution in [0, 0.1) is 16.0 Å². The van der Waals surface area contributed by atoms with E-state index in [2.05, 4.69) is 26.1 Å². The summed E-state index contributed by atoms with van der Waals surface area (Å²) in [7, 11) is 1.65. The molecule has 0 bridgehead atoms. The summed E-state index contributed by atoms with van der Waals surface area (Å²) in [4.78, 5) is 24.5. The van der Waals surface area contributed by atoms with E-state index in [1.165, 1.54) is 0 Å². The molecule has 1 aromatic carbocycles. The summed E-state index contributed by atoms with van der Waals surface area (Å²) in [6.45, 7) is 2.24. The minimum atomic E-state index is -0.392. The molecule has 0 radical (unpaired) electrons. The Balaban J connectivity index is 2.06. The molecule has 1 heterocycles. The molecule has 1 fully saturated rings. The fourth-order valence-electron chi connectivity index (χ4n) is 2.67. The minimum Gasteiger partial charge on any atom is -0.359 e. The SMILES string of the molecule is CNC(=O)C1CCCN(Cc2ccc(Br)c([N+](=O)[O-])c2)C1. The molecule has 2 rings (SSSR count). The number of likely N-dealkylation sites (tertiary alicyclic amines) is 1. The molecule has 114 valence electrons. The molecule has 1 saturated heterocycles. The summed E-state index contributed by atoms with van der Waals surface area (Å²) in [6.07, 6.45) is 1.87. The van der Waals surface area contributed by atoms with E-state index in [-0.39, 0.29) is 17.5 Å². The van der Waals surface area contributed by atoms with Crippen molar-refractivity contribution in [3.63, 3.8) is 0 Å². The Morgan fingerprint density at radius 1 is 1.57 bits per heavy atom. The van der Waals surface area contributed by atoms with Gasteiger partial charge in [-0.2, -0.15) is 0 Å². The van der Waals surface area contributed by atoms with Crippen molar-refractivity contribution >= 4 is 27.5 Å². The van der Waals surface area contributed by atoms with Crippen molar-refractivity contribution in [1.82, 2.24) is 10.2 Å². The lowest BCUT2D eigenvalue weighted by Gasteiger charge is -2.31. The first-order valence-corrected chi connectivity index (χ1v) is 7.67. The van der Waals surface area contributed by atoms with Gasteiger partial charge in [0, 0.05) is 26.2 Å². The van der Waals surface area contributed by atoms with Crippen LogP contribution in [0.4, 0.5) is 5.69 Å². The van der Waals surface area contributed by atoms with Crippen molar-refractivity contribution in [1.29, 1.82) is 0 Å². The van der Waals surface area contributed by atoms with Gasteiger partial charge in [-0.05, 0) is 46.9 Å². The van der Waals surface area contributed by atoms with Crippen LogP contribution in [-0.4, -0.2) is 35.9 Å². The molecule has 1 atom stereocenters. The molecule has 1 aliphatic rings.